The first-order valence-electron chi connectivity index (χ1n) is 7.10. The Morgan fingerprint density at radius 2 is 2.05 bits per heavy atom. The Morgan fingerprint density at radius 1 is 1.41 bits per heavy atom. The highest BCUT2D eigenvalue weighted by Crippen LogP contribution is 2.42. The van der Waals surface area contributed by atoms with Gasteiger partial charge in [-0.1, -0.05) is 43.1 Å². The van der Waals surface area contributed by atoms with Gasteiger partial charge in [-0.2, -0.15) is 0 Å². The third kappa shape index (κ3) is 3.30. The van der Waals surface area contributed by atoms with E-state index in [4.69, 9.17) is 33.7 Å². The van der Waals surface area contributed by atoms with Gasteiger partial charge in [-0.05, 0) is 18.9 Å². The molecule has 0 fully saturated rings. The molecule has 2 rings (SSSR count). The molecule has 1 aliphatic heterocycles. The van der Waals surface area contributed by atoms with Gasteiger partial charge in [-0.3, -0.25) is 4.79 Å². The Hall–Kier alpha value is -0.680. The van der Waals surface area contributed by atoms with Crippen molar-refractivity contribution in [3.63, 3.8) is 0 Å². The Balaban J connectivity index is 0.00000242. The summed E-state index contributed by atoms with van der Waals surface area (Å²) >= 11 is 12.1. The lowest BCUT2D eigenvalue weighted by Gasteiger charge is -2.30. The number of nitrogens with two attached hydrogens (primary N) is 1. The topological polar surface area (TPSA) is 64.4 Å². The number of fused-ring (bicyclic) bond motifs is 1. The van der Waals surface area contributed by atoms with Crippen LogP contribution in [0.15, 0.2) is 12.1 Å². The molecule has 0 saturated carbocycles. The minimum absolute atomic E-state index is 0. The molecule has 0 saturated heterocycles. The van der Waals surface area contributed by atoms with Crippen molar-refractivity contribution < 1.29 is 9.53 Å². The summed E-state index contributed by atoms with van der Waals surface area (Å²) < 4.78 is 5.57. The number of carbonyl (C=O) groups excluding carboxylic acids is 1. The summed E-state index contributed by atoms with van der Waals surface area (Å²) in [5.41, 5.74) is 6.14. The third-order valence-corrected chi connectivity index (χ3v) is 5.17. The van der Waals surface area contributed by atoms with Gasteiger partial charge in [0.2, 0.25) is 5.91 Å². The maximum atomic E-state index is 12.6. The second-order valence-corrected chi connectivity index (χ2v) is 6.09. The molecule has 1 aromatic carbocycles. The van der Waals surface area contributed by atoms with E-state index >= 15 is 0 Å². The van der Waals surface area contributed by atoms with Crippen molar-refractivity contribution in [2.75, 3.05) is 13.2 Å². The maximum Gasteiger partial charge on any atom is 0.228 e. The number of nitrogens with one attached hydrogen (secondary N) is 1. The Labute approximate surface area is 147 Å². The van der Waals surface area contributed by atoms with Crippen LogP contribution in [0.3, 0.4) is 0 Å². The minimum atomic E-state index is -0.529. The number of benzene rings is 1. The molecule has 0 spiro atoms. The SMILES string of the molecule is CCC(CC)(CN)C(=O)NC1COc2c1ccc(Cl)c2Cl.Cl. The highest BCUT2D eigenvalue weighted by Gasteiger charge is 2.37. The van der Waals surface area contributed by atoms with Crippen molar-refractivity contribution in [3.8, 4) is 5.75 Å². The van der Waals surface area contributed by atoms with E-state index in [9.17, 15) is 4.79 Å². The number of hydrogen-bond acceptors (Lipinski definition) is 3. The third-order valence-electron chi connectivity index (χ3n) is 4.38. The molecule has 124 valence electrons. The first kappa shape index (κ1) is 19.4. The summed E-state index contributed by atoms with van der Waals surface area (Å²) in [5, 5.41) is 3.87. The normalized spacial score (nSPS) is 16.5. The zero-order valence-electron chi connectivity index (χ0n) is 12.6. The van der Waals surface area contributed by atoms with E-state index in [1.54, 1.807) is 6.07 Å². The minimum Gasteiger partial charge on any atom is -0.489 e. The van der Waals surface area contributed by atoms with E-state index in [-0.39, 0.29) is 24.4 Å². The number of ether oxygens (including phenoxy) is 1. The zero-order chi connectivity index (χ0) is 15.6. The molecule has 1 unspecified atom stereocenters. The van der Waals surface area contributed by atoms with Crippen LogP contribution in [0.2, 0.25) is 10.0 Å². The van der Waals surface area contributed by atoms with Crippen LogP contribution in [-0.4, -0.2) is 19.1 Å². The summed E-state index contributed by atoms with van der Waals surface area (Å²) in [6, 6.07) is 3.34. The predicted molar refractivity (Wildman–Crippen MR) is 92.2 cm³/mol. The van der Waals surface area contributed by atoms with Crippen LogP contribution in [0, 0.1) is 5.41 Å². The Morgan fingerprint density at radius 3 is 2.59 bits per heavy atom. The van der Waals surface area contributed by atoms with Crippen molar-refractivity contribution >= 4 is 41.5 Å². The molecule has 1 aromatic rings. The first-order chi connectivity index (χ1) is 9.99. The van der Waals surface area contributed by atoms with Gasteiger partial charge >= 0.3 is 0 Å². The zero-order valence-corrected chi connectivity index (χ0v) is 14.9. The average Bonchev–Trinajstić information content (AvgIpc) is 2.89. The predicted octanol–water partition coefficient (Wildman–Crippen LogP) is 3.73. The fourth-order valence-electron chi connectivity index (χ4n) is 2.61. The molecule has 0 bridgehead atoms. The van der Waals surface area contributed by atoms with Gasteiger partial charge in [-0.25, -0.2) is 0 Å². The van der Waals surface area contributed by atoms with Crippen molar-refractivity contribution in [2.24, 2.45) is 11.1 Å². The molecular formula is C15H21Cl3N2O2. The van der Waals surface area contributed by atoms with Crippen LogP contribution in [-0.2, 0) is 4.79 Å². The molecule has 0 aromatic heterocycles. The molecule has 1 amide bonds. The summed E-state index contributed by atoms with van der Waals surface area (Å²) in [7, 11) is 0. The van der Waals surface area contributed by atoms with Gasteiger partial charge in [0.25, 0.3) is 0 Å². The van der Waals surface area contributed by atoms with E-state index in [2.05, 4.69) is 5.32 Å². The summed E-state index contributed by atoms with van der Waals surface area (Å²) in [5.74, 6) is 0.517. The van der Waals surface area contributed by atoms with E-state index in [1.165, 1.54) is 0 Å². The molecule has 0 radical (unpaired) electrons. The van der Waals surface area contributed by atoms with Crippen LogP contribution in [0.5, 0.6) is 5.75 Å². The van der Waals surface area contributed by atoms with Gasteiger partial charge in [0.15, 0.2) is 0 Å². The molecule has 7 heteroatoms. The van der Waals surface area contributed by atoms with Crippen LogP contribution in [0.25, 0.3) is 0 Å². The van der Waals surface area contributed by atoms with E-state index in [0.29, 0.717) is 41.8 Å². The lowest BCUT2D eigenvalue weighted by Crippen LogP contribution is -2.46. The number of hydrogen-bond donors (Lipinski definition) is 2. The van der Waals surface area contributed by atoms with Gasteiger partial charge in [0.05, 0.1) is 16.5 Å². The van der Waals surface area contributed by atoms with Gasteiger partial charge in [0, 0.05) is 12.1 Å². The quantitative estimate of drug-likeness (QED) is 0.833. The molecule has 1 atom stereocenters. The Kier molecular flexibility index (Phi) is 6.81. The number of amides is 1. The molecule has 1 aliphatic rings. The van der Waals surface area contributed by atoms with Gasteiger partial charge in [0.1, 0.15) is 17.4 Å². The molecule has 4 nitrogen and oxygen atoms in total. The summed E-state index contributed by atoms with van der Waals surface area (Å²) in [4.78, 5) is 12.6. The molecule has 3 N–H and O–H groups in total. The smallest absolute Gasteiger partial charge is 0.228 e. The summed E-state index contributed by atoms with van der Waals surface area (Å²) in [6.45, 7) is 4.64. The fraction of sp³-hybridized carbons (Fsp3) is 0.533. The van der Waals surface area contributed by atoms with Crippen molar-refractivity contribution in [1.82, 2.24) is 5.32 Å². The monoisotopic (exact) mass is 366 g/mol. The van der Waals surface area contributed by atoms with Crippen molar-refractivity contribution in [1.29, 1.82) is 0 Å². The second-order valence-electron chi connectivity index (χ2n) is 5.31. The Bertz CT molecular complexity index is 540. The molecule has 0 aliphatic carbocycles. The number of rotatable bonds is 5. The summed E-state index contributed by atoms with van der Waals surface area (Å²) in [6.07, 6.45) is 1.40. The van der Waals surface area contributed by atoms with Crippen molar-refractivity contribution in [3.05, 3.63) is 27.7 Å². The standard InChI is InChI=1S/C15H20Cl2N2O2.ClH/c1-3-15(4-2,8-18)14(20)19-11-7-21-13-9(11)5-6-10(16)12(13)17;/h5-6,11H,3-4,7-8,18H2,1-2H3,(H,19,20);1H. The van der Waals surface area contributed by atoms with Gasteiger partial charge in [-0.15, -0.1) is 12.4 Å². The lowest BCUT2D eigenvalue weighted by molar-refractivity contribution is -0.131. The first-order valence-corrected chi connectivity index (χ1v) is 7.86. The van der Waals surface area contributed by atoms with Crippen LogP contribution >= 0.6 is 35.6 Å². The molecule has 1 heterocycles. The van der Waals surface area contributed by atoms with E-state index < -0.39 is 5.41 Å². The van der Waals surface area contributed by atoms with Gasteiger partial charge < -0.3 is 15.8 Å². The average molecular weight is 368 g/mol. The van der Waals surface area contributed by atoms with Crippen molar-refractivity contribution in [2.45, 2.75) is 32.7 Å². The second kappa shape index (κ2) is 7.73. The molecule has 22 heavy (non-hydrogen) atoms. The van der Waals surface area contributed by atoms with Crippen LogP contribution in [0.1, 0.15) is 38.3 Å². The highest BCUT2D eigenvalue weighted by molar-refractivity contribution is 6.43. The maximum absolute atomic E-state index is 12.6. The van der Waals surface area contributed by atoms with E-state index in [0.717, 1.165) is 5.56 Å². The highest BCUT2D eigenvalue weighted by atomic mass is 35.5. The molecular weight excluding hydrogens is 347 g/mol. The fourth-order valence-corrected chi connectivity index (χ4v) is 2.98. The largest absolute Gasteiger partial charge is 0.489 e. The number of halogens is 3. The van der Waals surface area contributed by atoms with Crippen LogP contribution in [0.4, 0.5) is 0 Å². The number of carbonyl (C=O) groups is 1. The van der Waals surface area contributed by atoms with Crippen LogP contribution < -0.4 is 15.8 Å². The van der Waals surface area contributed by atoms with E-state index in [1.807, 2.05) is 19.9 Å². The lowest BCUT2D eigenvalue weighted by atomic mass is 9.81.